The molecule has 96 valence electrons. The maximum Gasteiger partial charge on any atom is 0.228 e. The second-order valence-corrected chi connectivity index (χ2v) is 4.75. The first kappa shape index (κ1) is 12.5. The highest BCUT2D eigenvalue weighted by molar-refractivity contribution is 6.31. The largest absolute Gasteiger partial charge is 0.453 e. The third-order valence-corrected chi connectivity index (χ3v) is 3.21. The molecular formula is C16H8ClNO2. The number of rotatable bonds is 2. The van der Waals surface area contributed by atoms with Crippen molar-refractivity contribution in [3.63, 3.8) is 0 Å². The van der Waals surface area contributed by atoms with Crippen LogP contribution in [0.5, 0.6) is 0 Å². The molecule has 4 heteroatoms. The molecule has 0 saturated carbocycles. The van der Waals surface area contributed by atoms with Crippen molar-refractivity contribution in [3.8, 4) is 6.07 Å². The van der Waals surface area contributed by atoms with Crippen LogP contribution in [0, 0.1) is 11.3 Å². The summed E-state index contributed by atoms with van der Waals surface area (Å²) in [5.41, 5.74) is 1.61. The van der Waals surface area contributed by atoms with Gasteiger partial charge in [0.05, 0.1) is 11.6 Å². The highest BCUT2D eigenvalue weighted by Gasteiger charge is 2.14. The topological polar surface area (TPSA) is 54.0 Å². The van der Waals surface area contributed by atoms with Crippen molar-refractivity contribution in [3.05, 3.63) is 70.4 Å². The molecule has 0 saturated heterocycles. The number of carbonyl (C=O) groups excluding carboxylic acids is 1. The van der Waals surface area contributed by atoms with E-state index < -0.39 is 0 Å². The molecule has 3 rings (SSSR count). The molecule has 3 aromatic rings. The monoisotopic (exact) mass is 281 g/mol. The Morgan fingerprint density at radius 3 is 2.55 bits per heavy atom. The number of halogens is 1. The van der Waals surface area contributed by atoms with E-state index in [1.807, 2.05) is 6.07 Å². The molecule has 0 amide bonds. The number of fused-ring (bicyclic) bond motifs is 1. The number of hydrogen-bond acceptors (Lipinski definition) is 3. The van der Waals surface area contributed by atoms with Crippen molar-refractivity contribution in [1.82, 2.24) is 0 Å². The summed E-state index contributed by atoms with van der Waals surface area (Å²) in [6.07, 6.45) is 0. The number of ketones is 1. The van der Waals surface area contributed by atoms with E-state index in [1.165, 1.54) is 0 Å². The van der Waals surface area contributed by atoms with Crippen LogP contribution in [-0.2, 0) is 0 Å². The molecule has 2 aromatic carbocycles. The smallest absolute Gasteiger partial charge is 0.228 e. The van der Waals surface area contributed by atoms with Gasteiger partial charge >= 0.3 is 0 Å². The Morgan fingerprint density at radius 1 is 1.10 bits per heavy atom. The van der Waals surface area contributed by atoms with Gasteiger partial charge in [0.25, 0.3) is 0 Å². The molecule has 0 fully saturated rings. The van der Waals surface area contributed by atoms with Gasteiger partial charge in [-0.2, -0.15) is 5.26 Å². The van der Waals surface area contributed by atoms with Crippen molar-refractivity contribution in [1.29, 1.82) is 5.26 Å². The Hall–Kier alpha value is -2.57. The molecule has 0 spiro atoms. The fourth-order valence-corrected chi connectivity index (χ4v) is 2.15. The molecule has 0 unspecified atom stereocenters. The Bertz CT molecular complexity index is 841. The summed E-state index contributed by atoms with van der Waals surface area (Å²) in [7, 11) is 0. The van der Waals surface area contributed by atoms with Crippen molar-refractivity contribution >= 4 is 28.4 Å². The quantitative estimate of drug-likeness (QED) is 0.662. The summed E-state index contributed by atoms with van der Waals surface area (Å²) < 4.78 is 5.52. The number of hydrogen-bond donors (Lipinski definition) is 0. The summed E-state index contributed by atoms with van der Waals surface area (Å²) in [5, 5.41) is 10.1. The van der Waals surface area contributed by atoms with Crippen LogP contribution >= 0.6 is 11.6 Å². The molecule has 20 heavy (non-hydrogen) atoms. The van der Waals surface area contributed by atoms with E-state index in [0.29, 0.717) is 21.7 Å². The van der Waals surface area contributed by atoms with Crippen LogP contribution in [0.1, 0.15) is 21.7 Å². The molecule has 0 atom stereocenters. The summed E-state index contributed by atoms with van der Waals surface area (Å²) >= 11 is 5.90. The van der Waals surface area contributed by atoms with Gasteiger partial charge in [0.1, 0.15) is 5.58 Å². The lowest BCUT2D eigenvalue weighted by Gasteiger charge is -1.97. The number of nitriles is 1. The Labute approximate surface area is 120 Å². The van der Waals surface area contributed by atoms with Gasteiger partial charge < -0.3 is 4.42 Å². The molecule has 0 bridgehead atoms. The SMILES string of the molecule is N#Cc1ccc(C(=O)c2cc3cc(Cl)ccc3o2)cc1. The summed E-state index contributed by atoms with van der Waals surface area (Å²) in [6, 6.07) is 15.3. The van der Waals surface area contributed by atoms with Gasteiger partial charge in [-0.1, -0.05) is 11.6 Å². The predicted molar refractivity (Wildman–Crippen MR) is 75.8 cm³/mol. The van der Waals surface area contributed by atoms with Gasteiger partial charge in [0.15, 0.2) is 5.76 Å². The highest BCUT2D eigenvalue weighted by Crippen LogP contribution is 2.24. The van der Waals surface area contributed by atoms with E-state index in [0.717, 1.165) is 5.39 Å². The van der Waals surface area contributed by atoms with Gasteiger partial charge in [-0.05, 0) is 48.5 Å². The number of furan rings is 1. The maximum atomic E-state index is 12.3. The summed E-state index contributed by atoms with van der Waals surface area (Å²) in [5.74, 6) is 0.0359. The van der Waals surface area contributed by atoms with E-state index in [-0.39, 0.29) is 11.5 Å². The molecule has 1 heterocycles. The normalized spacial score (nSPS) is 10.4. The van der Waals surface area contributed by atoms with Crippen LogP contribution in [0.15, 0.2) is 52.9 Å². The van der Waals surface area contributed by atoms with Crippen LogP contribution in [0.25, 0.3) is 11.0 Å². The molecule has 0 radical (unpaired) electrons. The summed E-state index contributed by atoms with van der Waals surface area (Å²) in [6.45, 7) is 0. The van der Waals surface area contributed by atoms with Gasteiger partial charge in [-0.25, -0.2) is 0 Å². The fourth-order valence-electron chi connectivity index (χ4n) is 1.96. The van der Waals surface area contributed by atoms with Gasteiger partial charge in [0, 0.05) is 16.0 Å². The lowest BCUT2D eigenvalue weighted by molar-refractivity contribution is 0.101. The number of benzene rings is 2. The van der Waals surface area contributed by atoms with Crippen LogP contribution in [0.3, 0.4) is 0 Å². The van der Waals surface area contributed by atoms with Gasteiger partial charge in [0.2, 0.25) is 5.78 Å². The first-order valence-corrected chi connectivity index (χ1v) is 6.29. The van der Waals surface area contributed by atoms with E-state index >= 15 is 0 Å². The van der Waals surface area contributed by atoms with Crippen LogP contribution in [0.2, 0.25) is 5.02 Å². The van der Waals surface area contributed by atoms with Crippen molar-refractivity contribution in [2.24, 2.45) is 0 Å². The zero-order valence-electron chi connectivity index (χ0n) is 10.3. The predicted octanol–water partition coefficient (Wildman–Crippen LogP) is 4.19. The minimum absolute atomic E-state index is 0.221. The van der Waals surface area contributed by atoms with E-state index in [2.05, 4.69) is 0 Å². The van der Waals surface area contributed by atoms with Gasteiger partial charge in [-0.3, -0.25) is 4.79 Å². The minimum Gasteiger partial charge on any atom is -0.453 e. The first-order chi connectivity index (χ1) is 9.67. The van der Waals surface area contributed by atoms with E-state index in [4.69, 9.17) is 21.3 Å². The summed E-state index contributed by atoms with van der Waals surface area (Å²) in [4.78, 5) is 12.3. The first-order valence-electron chi connectivity index (χ1n) is 5.91. The molecule has 1 aromatic heterocycles. The van der Waals surface area contributed by atoms with Crippen molar-refractivity contribution in [2.45, 2.75) is 0 Å². The molecule has 0 aliphatic carbocycles. The fraction of sp³-hybridized carbons (Fsp3) is 0. The number of nitrogens with zero attached hydrogens (tertiary/aromatic N) is 1. The molecule has 3 nitrogen and oxygen atoms in total. The molecule has 0 aliphatic heterocycles. The van der Waals surface area contributed by atoms with Crippen molar-refractivity contribution < 1.29 is 9.21 Å². The van der Waals surface area contributed by atoms with Crippen LogP contribution < -0.4 is 0 Å². The minimum atomic E-state index is -0.221. The highest BCUT2D eigenvalue weighted by atomic mass is 35.5. The average molecular weight is 282 g/mol. The third-order valence-electron chi connectivity index (χ3n) is 2.98. The molecule has 0 N–H and O–H groups in total. The Balaban J connectivity index is 2.01. The second kappa shape index (κ2) is 4.84. The molecule has 0 aliphatic rings. The molecular weight excluding hydrogens is 274 g/mol. The second-order valence-electron chi connectivity index (χ2n) is 4.31. The lowest BCUT2D eigenvalue weighted by Crippen LogP contribution is -1.99. The van der Waals surface area contributed by atoms with Gasteiger partial charge in [-0.15, -0.1) is 0 Å². The number of carbonyl (C=O) groups is 1. The zero-order chi connectivity index (χ0) is 14.1. The van der Waals surface area contributed by atoms with E-state index in [1.54, 1.807) is 48.5 Å². The lowest BCUT2D eigenvalue weighted by atomic mass is 10.1. The van der Waals surface area contributed by atoms with Crippen molar-refractivity contribution in [2.75, 3.05) is 0 Å². The average Bonchev–Trinajstić information content (AvgIpc) is 2.89. The van der Waals surface area contributed by atoms with Crippen LogP contribution in [-0.4, -0.2) is 5.78 Å². The Morgan fingerprint density at radius 2 is 1.85 bits per heavy atom. The van der Waals surface area contributed by atoms with Crippen LogP contribution in [0.4, 0.5) is 0 Å². The zero-order valence-corrected chi connectivity index (χ0v) is 11.0. The van der Waals surface area contributed by atoms with E-state index in [9.17, 15) is 4.79 Å². The maximum absolute atomic E-state index is 12.3. The standard InChI is InChI=1S/C16H8ClNO2/c17-13-5-6-14-12(7-13)8-15(20-14)16(19)11-3-1-10(9-18)2-4-11/h1-8H. The Kier molecular flexibility index (Phi) is 3.02. The third kappa shape index (κ3) is 2.18.